The van der Waals surface area contributed by atoms with Crippen molar-refractivity contribution in [1.82, 2.24) is 0 Å². The van der Waals surface area contributed by atoms with Crippen LogP contribution in [-0.2, 0) is 0 Å². The summed E-state index contributed by atoms with van der Waals surface area (Å²) in [4.78, 5) is 0. The van der Waals surface area contributed by atoms with E-state index in [1.807, 2.05) is 0 Å². The lowest BCUT2D eigenvalue weighted by Crippen LogP contribution is -1.83. The molecule has 0 amide bonds. The summed E-state index contributed by atoms with van der Waals surface area (Å²) in [6, 6.07) is 0. The van der Waals surface area contributed by atoms with Crippen molar-refractivity contribution in [2.75, 3.05) is 0 Å². The third-order valence-electron chi connectivity index (χ3n) is 4.51. The lowest BCUT2D eigenvalue weighted by atomic mass is 10.0. The Kier molecular flexibility index (Phi) is 20.5. The first-order chi connectivity index (χ1) is 10.9. The zero-order chi connectivity index (χ0) is 16.1. The molecule has 0 N–H and O–H groups in total. The van der Waals surface area contributed by atoms with E-state index in [-0.39, 0.29) is 0 Å². The molecule has 0 aliphatic heterocycles. The third kappa shape index (κ3) is 19.7. The molecule has 0 heterocycles. The Morgan fingerprint density at radius 1 is 0.500 bits per heavy atom. The molecule has 0 aliphatic rings. The molecule has 0 nitrogen and oxygen atoms in total. The Labute approximate surface area is 142 Å². The van der Waals surface area contributed by atoms with Gasteiger partial charge in [-0.05, 0) is 25.7 Å². The van der Waals surface area contributed by atoms with E-state index in [1.54, 1.807) is 0 Å². The summed E-state index contributed by atoms with van der Waals surface area (Å²) in [5.41, 5.74) is 0. The lowest BCUT2D eigenvalue weighted by molar-refractivity contribution is 0.536. The molecular weight excluding hydrogens is 264 g/mol. The molecule has 0 saturated carbocycles. The molecule has 0 bridgehead atoms. The summed E-state index contributed by atoms with van der Waals surface area (Å²) in [5, 5.41) is 0. The van der Waals surface area contributed by atoms with Crippen LogP contribution in [-0.4, -0.2) is 0 Å². The van der Waals surface area contributed by atoms with E-state index in [0.717, 1.165) is 6.42 Å². The number of hydrogen-bond acceptors (Lipinski definition) is 0. The van der Waals surface area contributed by atoms with Gasteiger partial charge in [-0.2, -0.15) is 0 Å². The highest BCUT2D eigenvalue weighted by Gasteiger charge is 1.93. The quantitative estimate of drug-likeness (QED) is 0.176. The van der Waals surface area contributed by atoms with Crippen molar-refractivity contribution in [2.45, 2.75) is 122 Å². The number of rotatable bonds is 18. The first kappa shape index (κ1) is 21.7. The molecule has 0 unspecified atom stereocenters. The topological polar surface area (TPSA) is 0 Å². The summed E-state index contributed by atoms with van der Waals surface area (Å²) < 4.78 is 0. The number of hydrogen-bond donors (Lipinski definition) is 0. The second-order valence-corrected chi connectivity index (χ2v) is 6.85. The van der Waals surface area contributed by atoms with Crippen molar-refractivity contribution in [3.63, 3.8) is 0 Å². The van der Waals surface area contributed by atoms with E-state index in [4.69, 9.17) is 0 Å². The highest BCUT2D eigenvalue weighted by atomic mass is 14.0. The summed E-state index contributed by atoms with van der Waals surface area (Å²) in [6.07, 6.45) is 29.8. The van der Waals surface area contributed by atoms with E-state index in [0.29, 0.717) is 0 Å². The van der Waals surface area contributed by atoms with Gasteiger partial charge >= 0.3 is 0 Å². The SMILES string of the molecule is [CH2]CCCC=CCCCCCCCCCCCCCCCC. The van der Waals surface area contributed by atoms with Gasteiger partial charge in [0.05, 0.1) is 0 Å². The maximum atomic E-state index is 3.87. The Hall–Kier alpha value is -0.260. The molecule has 22 heavy (non-hydrogen) atoms. The van der Waals surface area contributed by atoms with Crippen LogP contribution in [0.2, 0.25) is 0 Å². The maximum Gasteiger partial charge on any atom is -0.0351 e. The standard InChI is InChI=1S/C22H43/c1-3-5-7-9-11-13-15-17-19-21-22-20-18-16-14-12-10-8-6-4-2/h9,11H,1,3-8,10,12-22H2,2H3. The van der Waals surface area contributed by atoms with Gasteiger partial charge < -0.3 is 0 Å². The molecule has 131 valence electrons. The fraction of sp³-hybridized carbons (Fsp3) is 0.864. The predicted molar refractivity (Wildman–Crippen MR) is 103 cm³/mol. The predicted octanol–water partition coefficient (Wildman–Crippen LogP) is 8.42. The zero-order valence-corrected chi connectivity index (χ0v) is 15.6. The Bertz CT molecular complexity index is 204. The lowest BCUT2D eigenvalue weighted by Gasteiger charge is -2.02. The molecule has 0 rings (SSSR count). The van der Waals surface area contributed by atoms with Crippen molar-refractivity contribution < 1.29 is 0 Å². The first-order valence-corrected chi connectivity index (χ1v) is 10.4. The van der Waals surface area contributed by atoms with Gasteiger partial charge in [-0.1, -0.05) is 116 Å². The molecule has 0 saturated heterocycles. The molecule has 1 radical (unpaired) electrons. The van der Waals surface area contributed by atoms with E-state index in [2.05, 4.69) is 26.0 Å². The van der Waals surface area contributed by atoms with E-state index in [9.17, 15) is 0 Å². The van der Waals surface area contributed by atoms with Crippen molar-refractivity contribution >= 4 is 0 Å². The summed E-state index contributed by atoms with van der Waals surface area (Å²) >= 11 is 0. The third-order valence-corrected chi connectivity index (χ3v) is 4.51. The van der Waals surface area contributed by atoms with Crippen LogP contribution in [0.4, 0.5) is 0 Å². The van der Waals surface area contributed by atoms with E-state index in [1.165, 1.54) is 109 Å². The fourth-order valence-electron chi connectivity index (χ4n) is 2.95. The van der Waals surface area contributed by atoms with Crippen LogP contribution in [0.3, 0.4) is 0 Å². The largest absolute Gasteiger partial charge is 0.0885 e. The average molecular weight is 308 g/mol. The van der Waals surface area contributed by atoms with Crippen molar-refractivity contribution in [1.29, 1.82) is 0 Å². The van der Waals surface area contributed by atoms with Gasteiger partial charge in [-0.3, -0.25) is 0 Å². The molecule has 0 aliphatic carbocycles. The van der Waals surface area contributed by atoms with Crippen LogP contribution >= 0.6 is 0 Å². The molecule has 0 fully saturated rings. The average Bonchev–Trinajstić information content (AvgIpc) is 2.54. The van der Waals surface area contributed by atoms with Crippen LogP contribution in [0, 0.1) is 6.92 Å². The van der Waals surface area contributed by atoms with Gasteiger partial charge in [0.25, 0.3) is 0 Å². The molecule has 0 spiro atoms. The molecule has 0 aromatic carbocycles. The molecule has 0 heteroatoms. The minimum absolute atomic E-state index is 1.07. The monoisotopic (exact) mass is 307 g/mol. The number of unbranched alkanes of at least 4 members (excludes halogenated alkanes) is 16. The number of allylic oxidation sites excluding steroid dienone is 2. The smallest absolute Gasteiger partial charge is 0.0351 e. The minimum atomic E-state index is 1.07. The maximum absolute atomic E-state index is 3.87. The Balaban J connectivity index is 2.98. The molecular formula is C22H43. The second-order valence-electron chi connectivity index (χ2n) is 6.85. The van der Waals surface area contributed by atoms with Gasteiger partial charge in [-0.25, -0.2) is 0 Å². The van der Waals surface area contributed by atoms with Gasteiger partial charge in [0.1, 0.15) is 0 Å². The summed E-state index contributed by atoms with van der Waals surface area (Å²) in [5.74, 6) is 0. The Morgan fingerprint density at radius 3 is 1.27 bits per heavy atom. The Morgan fingerprint density at radius 2 is 0.864 bits per heavy atom. The van der Waals surface area contributed by atoms with Crippen molar-refractivity contribution in [2.24, 2.45) is 0 Å². The van der Waals surface area contributed by atoms with Gasteiger partial charge in [0, 0.05) is 0 Å². The first-order valence-electron chi connectivity index (χ1n) is 10.4. The van der Waals surface area contributed by atoms with Crippen LogP contribution in [0.5, 0.6) is 0 Å². The zero-order valence-electron chi connectivity index (χ0n) is 15.6. The van der Waals surface area contributed by atoms with E-state index >= 15 is 0 Å². The highest BCUT2D eigenvalue weighted by molar-refractivity contribution is 4.81. The van der Waals surface area contributed by atoms with Crippen LogP contribution in [0.1, 0.15) is 122 Å². The van der Waals surface area contributed by atoms with Gasteiger partial charge in [-0.15, -0.1) is 0 Å². The minimum Gasteiger partial charge on any atom is -0.0885 e. The van der Waals surface area contributed by atoms with Crippen LogP contribution < -0.4 is 0 Å². The van der Waals surface area contributed by atoms with Gasteiger partial charge in [0.15, 0.2) is 0 Å². The van der Waals surface area contributed by atoms with Crippen LogP contribution in [0.25, 0.3) is 0 Å². The van der Waals surface area contributed by atoms with E-state index < -0.39 is 0 Å². The fourth-order valence-corrected chi connectivity index (χ4v) is 2.95. The second kappa shape index (κ2) is 20.7. The molecule has 0 aromatic heterocycles. The molecule has 0 atom stereocenters. The normalized spacial score (nSPS) is 11.5. The van der Waals surface area contributed by atoms with Crippen molar-refractivity contribution in [3.8, 4) is 0 Å². The highest BCUT2D eigenvalue weighted by Crippen LogP contribution is 2.13. The van der Waals surface area contributed by atoms with Crippen molar-refractivity contribution in [3.05, 3.63) is 19.1 Å². The van der Waals surface area contributed by atoms with Crippen LogP contribution in [0.15, 0.2) is 12.2 Å². The summed E-state index contributed by atoms with van der Waals surface area (Å²) in [7, 11) is 0. The van der Waals surface area contributed by atoms with Gasteiger partial charge in [0.2, 0.25) is 0 Å². The summed E-state index contributed by atoms with van der Waals surface area (Å²) in [6.45, 7) is 6.16. The molecule has 0 aromatic rings.